The van der Waals surface area contributed by atoms with Gasteiger partial charge in [-0.1, -0.05) is 6.07 Å². The molecule has 7 nitrogen and oxygen atoms in total. The summed E-state index contributed by atoms with van der Waals surface area (Å²) >= 11 is 1.50. The first-order chi connectivity index (χ1) is 11.7. The topological polar surface area (TPSA) is 105 Å². The van der Waals surface area contributed by atoms with E-state index in [9.17, 15) is 13.2 Å². The fraction of sp³-hybridized carbons (Fsp3) is 0.438. The van der Waals surface area contributed by atoms with Crippen molar-refractivity contribution < 1.29 is 13.2 Å². The van der Waals surface area contributed by atoms with Crippen LogP contribution in [-0.2, 0) is 9.84 Å². The molecular weight excluding hydrogens is 360 g/mol. The molecule has 0 radical (unpaired) electrons. The number of nitrogens with zero attached hydrogens (tertiary/aromatic N) is 3. The molecule has 1 atom stereocenters. The van der Waals surface area contributed by atoms with Gasteiger partial charge in [0.15, 0.2) is 15.5 Å². The molecule has 0 aliphatic carbocycles. The molecule has 3 heterocycles. The van der Waals surface area contributed by atoms with E-state index in [-0.39, 0.29) is 23.2 Å². The number of amides is 1. The number of thiophene rings is 1. The maximum absolute atomic E-state index is 12.4. The van der Waals surface area contributed by atoms with Crippen LogP contribution < -0.4 is 5.32 Å². The van der Waals surface area contributed by atoms with Crippen LogP contribution in [0.2, 0.25) is 0 Å². The first kappa shape index (κ1) is 17.6. The molecule has 2 aromatic heterocycles. The predicted octanol–water partition coefficient (Wildman–Crippen LogP) is 2.00. The van der Waals surface area contributed by atoms with Crippen molar-refractivity contribution >= 4 is 27.1 Å². The predicted molar refractivity (Wildman–Crippen MR) is 95.0 cm³/mol. The van der Waals surface area contributed by atoms with Gasteiger partial charge in [-0.2, -0.15) is 10.4 Å². The van der Waals surface area contributed by atoms with E-state index in [4.69, 9.17) is 5.26 Å². The summed E-state index contributed by atoms with van der Waals surface area (Å²) in [6.07, 6.45) is 0.479. The van der Waals surface area contributed by atoms with E-state index in [1.165, 1.54) is 11.3 Å². The second kappa shape index (κ2) is 6.28. The third-order valence-corrected chi connectivity index (χ3v) is 6.64. The monoisotopic (exact) mass is 378 g/mol. The van der Waals surface area contributed by atoms with Gasteiger partial charge in [-0.3, -0.25) is 9.48 Å². The lowest BCUT2D eigenvalue weighted by molar-refractivity contribution is 0.0923. The summed E-state index contributed by atoms with van der Waals surface area (Å²) in [4.78, 5) is 13.4. The highest BCUT2D eigenvalue weighted by Gasteiger charge is 2.32. The lowest BCUT2D eigenvalue weighted by Crippen LogP contribution is -2.42. The maximum atomic E-state index is 12.4. The molecule has 1 N–H and O–H groups in total. The molecule has 1 fully saturated rings. The summed E-state index contributed by atoms with van der Waals surface area (Å²) < 4.78 is 25.3. The Hall–Kier alpha value is -2.18. The Morgan fingerprint density at radius 3 is 2.84 bits per heavy atom. The molecule has 1 unspecified atom stereocenters. The number of carbonyl (C=O) groups excluding carboxylic acids is 1. The average molecular weight is 378 g/mol. The van der Waals surface area contributed by atoms with E-state index in [1.54, 1.807) is 24.6 Å². The summed E-state index contributed by atoms with van der Waals surface area (Å²) in [5.41, 5.74) is -0.117. The number of sulfone groups is 1. The summed E-state index contributed by atoms with van der Waals surface area (Å²) in [6, 6.07) is 7.18. The third-order valence-electron chi connectivity index (χ3n) is 4.00. The van der Waals surface area contributed by atoms with Crippen molar-refractivity contribution in [1.29, 1.82) is 5.26 Å². The van der Waals surface area contributed by atoms with E-state index in [1.807, 2.05) is 23.6 Å². The minimum atomic E-state index is -3.07. The van der Waals surface area contributed by atoms with Crippen LogP contribution in [0.15, 0.2) is 23.6 Å². The molecular formula is C16H18N4O3S2. The SMILES string of the molecule is CC(C)(C#N)NC(=O)c1cc(-c2cccs2)n(C2CCS(=O)(=O)C2)n1. The van der Waals surface area contributed by atoms with Crippen LogP contribution in [0.5, 0.6) is 0 Å². The van der Waals surface area contributed by atoms with E-state index >= 15 is 0 Å². The van der Waals surface area contributed by atoms with Crippen LogP contribution >= 0.6 is 11.3 Å². The van der Waals surface area contributed by atoms with Gasteiger partial charge in [0.05, 0.1) is 34.2 Å². The van der Waals surface area contributed by atoms with Gasteiger partial charge < -0.3 is 5.32 Å². The molecule has 0 bridgehead atoms. The Labute approximate surface area is 150 Å². The molecule has 0 spiro atoms. The van der Waals surface area contributed by atoms with Crippen LogP contribution in [-0.4, -0.2) is 41.2 Å². The molecule has 25 heavy (non-hydrogen) atoms. The summed E-state index contributed by atoms with van der Waals surface area (Å²) in [6.45, 7) is 3.21. The fourth-order valence-corrected chi connectivity index (χ4v) is 5.16. The fourth-order valence-electron chi connectivity index (χ4n) is 2.74. The van der Waals surface area contributed by atoms with Gasteiger partial charge >= 0.3 is 0 Å². The van der Waals surface area contributed by atoms with E-state index < -0.39 is 21.3 Å². The zero-order valence-corrected chi connectivity index (χ0v) is 15.5. The third kappa shape index (κ3) is 3.75. The second-order valence-electron chi connectivity index (χ2n) is 6.58. The Kier molecular flexibility index (Phi) is 4.43. The van der Waals surface area contributed by atoms with Crippen molar-refractivity contribution in [3.63, 3.8) is 0 Å². The minimum Gasteiger partial charge on any atom is -0.333 e. The van der Waals surface area contributed by atoms with Crippen LogP contribution in [0.3, 0.4) is 0 Å². The van der Waals surface area contributed by atoms with Gasteiger partial charge in [0.1, 0.15) is 5.54 Å². The van der Waals surface area contributed by atoms with Crippen molar-refractivity contribution in [2.45, 2.75) is 31.8 Å². The van der Waals surface area contributed by atoms with Gasteiger partial charge in [0, 0.05) is 0 Å². The normalized spacial score (nSPS) is 19.5. The number of aromatic nitrogens is 2. The van der Waals surface area contributed by atoms with Crippen molar-refractivity contribution in [2.75, 3.05) is 11.5 Å². The minimum absolute atomic E-state index is 0.0256. The van der Waals surface area contributed by atoms with Gasteiger partial charge in [-0.15, -0.1) is 11.3 Å². The van der Waals surface area contributed by atoms with Crippen LogP contribution in [0, 0.1) is 11.3 Å². The lowest BCUT2D eigenvalue weighted by Gasteiger charge is -2.16. The van der Waals surface area contributed by atoms with Crippen LogP contribution in [0.1, 0.15) is 36.8 Å². The highest BCUT2D eigenvalue weighted by Crippen LogP contribution is 2.32. The van der Waals surface area contributed by atoms with Crippen LogP contribution in [0.4, 0.5) is 0 Å². The van der Waals surface area contributed by atoms with Crippen molar-refractivity contribution in [3.05, 3.63) is 29.3 Å². The van der Waals surface area contributed by atoms with Gasteiger partial charge in [0.25, 0.3) is 5.91 Å². The number of nitriles is 1. The van der Waals surface area contributed by atoms with Crippen LogP contribution in [0.25, 0.3) is 10.6 Å². The average Bonchev–Trinajstić information content (AvgIpc) is 3.24. The molecule has 3 rings (SSSR count). The van der Waals surface area contributed by atoms with E-state index in [2.05, 4.69) is 10.4 Å². The molecule has 132 valence electrons. The van der Waals surface area contributed by atoms with E-state index in [0.29, 0.717) is 6.42 Å². The first-order valence-corrected chi connectivity index (χ1v) is 10.5. The first-order valence-electron chi connectivity index (χ1n) is 7.78. The van der Waals surface area contributed by atoms with Gasteiger partial charge in [-0.05, 0) is 37.8 Å². The highest BCUT2D eigenvalue weighted by atomic mass is 32.2. The lowest BCUT2D eigenvalue weighted by atomic mass is 10.1. The Bertz CT molecular complexity index is 937. The zero-order valence-electron chi connectivity index (χ0n) is 13.9. The largest absolute Gasteiger partial charge is 0.333 e. The molecule has 1 aliphatic rings. The molecule has 2 aromatic rings. The van der Waals surface area contributed by atoms with Crippen molar-refractivity contribution in [2.24, 2.45) is 0 Å². The van der Waals surface area contributed by atoms with Gasteiger partial charge in [0.2, 0.25) is 0 Å². The second-order valence-corrected chi connectivity index (χ2v) is 9.76. The quantitative estimate of drug-likeness (QED) is 0.876. The van der Waals surface area contributed by atoms with Gasteiger partial charge in [-0.25, -0.2) is 8.42 Å². The number of carbonyl (C=O) groups is 1. The zero-order chi connectivity index (χ0) is 18.2. The Balaban J connectivity index is 1.99. The molecule has 1 amide bonds. The molecule has 1 saturated heterocycles. The molecule has 0 saturated carbocycles. The molecule has 1 aliphatic heterocycles. The Morgan fingerprint density at radius 1 is 1.52 bits per heavy atom. The summed E-state index contributed by atoms with van der Waals surface area (Å²) in [5, 5.41) is 18.0. The summed E-state index contributed by atoms with van der Waals surface area (Å²) in [7, 11) is -3.07. The van der Waals surface area contributed by atoms with Crippen molar-refractivity contribution in [3.8, 4) is 16.6 Å². The van der Waals surface area contributed by atoms with Crippen molar-refractivity contribution in [1.82, 2.24) is 15.1 Å². The molecule has 0 aromatic carbocycles. The number of hydrogen-bond donors (Lipinski definition) is 1. The summed E-state index contributed by atoms with van der Waals surface area (Å²) in [5.74, 6) is -0.300. The smallest absolute Gasteiger partial charge is 0.273 e. The Morgan fingerprint density at radius 2 is 2.28 bits per heavy atom. The highest BCUT2D eigenvalue weighted by molar-refractivity contribution is 7.91. The van der Waals surface area contributed by atoms with E-state index in [0.717, 1.165) is 10.6 Å². The number of nitrogens with one attached hydrogen (secondary N) is 1. The standard InChI is InChI=1S/C16H18N4O3S2/c1-16(2,10-17)18-15(21)12-8-13(14-4-3-6-24-14)20(19-12)11-5-7-25(22,23)9-11/h3-4,6,8,11H,5,7,9H2,1-2H3,(H,18,21). The molecule has 9 heteroatoms. The maximum Gasteiger partial charge on any atom is 0.273 e. The number of hydrogen-bond acceptors (Lipinski definition) is 6. The number of rotatable bonds is 4.